The molecule has 0 amide bonds. The summed E-state index contributed by atoms with van der Waals surface area (Å²) >= 11 is 0. The Kier molecular flexibility index (Phi) is 16.0. The van der Waals surface area contributed by atoms with Gasteiger partial charge in [-0.1, -0.05) is 38.1 Å². The van der Waals surface area contributed by atoms with Crippen molar-refractivity contribution in [3.63, 3.8) is 0 Å². The molecule has 0 fully saturated rings. The van der Waals surface area contributed by atoms with Crippen molar-refractivity contribution in [2.45, 2.75) is 176 Å². The zero-order valence-electron chi connectivity index (χ0n) is 45.4. The lowest BCUT2D eigenvalue weighted by molar-refractivity contribution is 0.0517. The largest absolute Gasteiger partial charge is 0.490 e. The molecule has 4 aliphatic rings. The first-order chi connectivity index (χ1) is 35.7. The molecule has 0 saturated carbocycles. The molecule has 6 aromatic carbocycles. The minimum absolute atomic E-state index is 0.163. The van der Waals surface area contributed by atoms with Crippen LogP contribution in [0.2, 0.25) is 0 Å². The number of fused-ring (bicyclic) bond motifs is 4. The lowest BCUT2D eigenvalue weighted by Crippen LogP contribution is -2.23. The molecule has 0 unspecified atom stereocenters. The average Bonchev–Trinajstić information content (AvgIpc) is 3.40. The van der Waals surface area contributed by atoms with E-state index < -0.39 is 0 Å². The van der Waals surface area contributed by atoms with Gasteiger partial charge >= 0.3 is 0 Å². The summed E-state index contributed by atoms with van der Waals surface area (Å²) in [5, 5.41) is 0. The second-order valence-corrected chi connectivity index (χ2v) is 21.8. The maximum absolute atomic E-state index is 7.12. The van der Waals surface area contributed by atoms with E-state index in [4.69, 9.17) is 28.4 Å². The van der Waals surface area contributed by atoms with Gasteiger partial charge in [-0.3, -0.25) is 0 Å². The van der Waals surface area contributed by atoms with E-state index in [1.807, 2.05) is 0 Å². The quantitative estimate of drug-likeness (QED) is 0.0800. The molecule has 4 aliphatic carbocycles. The van der Waals surface area contributed by atoms with Gasteiger partial charge in [-0.15, -0.1) is 0 Å². The SMILES string of the molecule is CCc1ccc(O[C@@H](C)C[C@H](C)Oc2ccc(CC)cc2-c2cc(C)cc(-c3c4c(cc5c3CCCC5)CCCC4)c2OCOC)c(-c2cc(C)cc(-c3c4c(cc5c3CCCC5)CCCC4)c2OCOC)c1. The van der Waals surface area contributed by atoms with Crippen molar-refractivity contribution in [2.75, 3.05) is 27.8 Å². The number of hydrogen-bond donors (Lipinski definition) is 0. The fourth-order valence-electron chi connectivity index (χ4n) is 13.0. The predicted molar refractivity (Wildman–Crippen MR) is 299 cm³/mol. The monoisotopic (exact) mass is 981 g/mol. The summed E-state index contributed by atoms with van der Waals surface area (Å²) in [5.74, 6) is 3.45. The molecule has 0 aromatic heterocycles. The Morgan fingerprint density at radius 2 is 0.753 bits per heavy atom. The van der Waals surface area contributed by atoms with Gasteiger partial charge in [0.2, 0.25) is 0 Å². The van der Waals surface area contributed by atoms with Gasteiger partial charge < -0.3 is 28.4 Å². The first-order valence-corrected chi connectivity index (χ1v) is 28.1. The lowest BCUT2D eigenvalue weighted by Gasteiger charge is -2.30. The minimum atomic E-state index is -0.165. The van der Waals surface area contributed by atoms with E-state index in [0.29, 0.717) is 6.42 Å². The Morgan fingerprint density at radius 3 is 1.10 bits per heavy atom. The predicted octanol–water partition coefficient (Wildman–Crippen LogP) is 16.2. The summed E-state index contributed by atoms with van der Waals surface area (Å²) in [6.07, 6.45) is 21.1. The van der Waals surface area contributed by atoms with Crippen LogP contribution in [0.4, 0.5) is 0 Å². The summed E-state index contributed by atoms with van der Waals surface area (Å²) in [7, 11) is 3.43. The highest BCUT2D eigenvalue weighted by molar-refractivity contribution is 5.90. The van der Waals surface area contributed by atoms with Crippen LogP contribution in [0.5, 0.6) is 23.0 Å². The molecule has 0 radical (unpaired) electrons. The molecule has 6 nitrogen and oxygen atoms in total. The van der Waals surface area contributed by atoms with Crippen molar-refractivity contribution in [1.29, 1.82) is 0 Å². The van der Waals surface area contributed by atoms with Crippen LogP contribution in [0.15, 0.2) is 72.8 Å². The zero-order chi connectivity index (χ0) is 50.6. The minimum Gasteiger partial charge on any atom is -0.490 e. The van der Waals surface area contributed by atoms with Crippen molar-refractivity contribution < 1.29 is 28.4 Å². The number of methoxy groups -OCH3 is 2. The van der Waals surface area contributed by atoms with Gasteiger partial charge in [0.05, 0.1) is 12.2 Å². The Bertz CT molecular complexity index is 2690. The fraction of sp³-hybridized carbons (Fsp3) is 0.463. The third-order valence-corrected chi connectivity index (χ3v) is 16.4. The second kappa shape index (κ2) is 22.9. The normalized spacial score (nSPS) is 15.9. The van der Waals surface area contributed by atoms with Gasteiger partial charge in [0.25, 0.3) is 0 Å². The summed E-state index contributed by atoms with van der Waals surface area (Å²) in [6.45, 7) is 13.6. The molecule has 0 N–H and O–H groups in total. The topological polar surface area (TPSA) is 55.4 Å². The molecule has 2 atom stereocenters. The number of benzene rings is 6. The number of ether oxygens (including phenoxy) is 6. The van der Waals surface area contributed by atoms with Crippen LogP contribution in [-0.4, -0.2) is 40.0 Å². The highest BCUT2D eigenvalue weighted by Crippen LogP contribution is 2.51. The van der Waals surface area contributed by atoms with Gasteiger partial charge in [-0.25, -0.2) is 0 Å². The number of hydrogen-bond acceptors (Lipinski definition) is 6. The molecule has 0 spiro atoms. The van der Waals surface area contributed by atoms with E-state index >= 15 is 0 Å². The highest BCUT2D eigenvalue weighted by Gasteiger charge is 2.30. The molecule has 0 heterocycles. The molecule has 0 aliphatic heterocycles. The summed E-state index contributed by atoms with van der Waals surface area (Å²) < 4.78 is 39.2. The van der Waals surface area contributed by atoms with Crippen molar-refractivity contribution in [1.82, 2.24) is 0 Å². The number of aryl methyl sites for hydroxylation is 8. The van der Waals surface area contributed by atoms with Gasteiger partial charge in [0, 0.05) is 54.0 Å². The van der Waals surface area contributed by atoms with Crippen LogP contribution < -0.4 is 18.9 Å². The van der Waals surface area contributed by atoms with Crippen LogP contribution in [0.1, 0.15) is 152 Å². The van der Waals surface area contributed by atoms with Crippen LogP contribution in [0.25, 0.3) is 44.5 Å². The van der Waals surface area contributed by atoms with Crippen molar-refractivity contribution in [3.05, 3.63) is 140 Å². The maximum Gasteiger partial charge on any atom is 0.188 e. The summed E-state index contributed by atoms with van der Waals surface area (Å²) in [5.41, 5.74) is 26.6. The first kappa shape index (κ1) is 50.9. The van der Waals surface area contributed by atoms with Crippen LogP contribution in [0.3, 0.4) is 0 Å². The Hall–Kier alpha value is -5.56. The summed E-state index contributed by atoms with van der Waals surface area (Å²) in [6, 6.07) is 27.8. The zero-order valence-corrected chi connectivity index (χ0v) is 45.4. The van der Waals surface area contributed by atoms with Gasteiger partial charge in [-0.05, 0) is 270 Å². The Morgan fingerprint density at radius 1 is 0.411 bits per heavy atom. The van der Waals surface area contributed by atoms with E-state index in [2.05, 4.69) is 114 Å². The van der Waals surface area contributed by atoms with Crippen LogP contribution in [-0.2, 0) is 73.7 Å². The van der Waals surface area contributed by atoms with Crippen LogP contribution >= 0.6 is 0 Å². The van der Waals surface area contributed by atoms with E-state index in [-0.39, 0.29) is 25.8 Å². The van der Waals surface area contributed by atoms with Gasteiger partial charge in [-0.2, -0.15) is 0 Å². The molecular formula is C67H80O6. The fourth-order valence-corrected chi connectivity index (χ4v) is 13.0. The van der Waals surface area contributed by atoms with Crippen LogP contribution in [0, 0.1) is 13.8 Å². The Labute approximate surface area is 437 Å². The molecule has 0 saturated heterocycles. The maximum atomic E-state index is 7.12. The number of rotatable bonds is 18. The molecule has 6 heteroatoms. The second-order valence-electron chi connectivity index (χ2n) is 21.8. The standard InChI is InChI=1S/C67H80O6/c1-9-46-27-29-62(56(36-46)58-31-42(3)33-60(66(58)70-40-68-7)64-52-23-15-11-19-48(52)38-49-20-12-16-24-53(49)64)72-44(5)35-45(6)73-63-30-28-47(10-2)37-57(63)59-32-43(4)34-61(67(59)71-41-69-8)65-54-25-17-13-21-50(54)39-51-22-14-18-26-55(51)65/h27-34,36-39,44-45H,9-26,35,40-41H2,1-8H3/t44-,45-/m0/s1. The highest BCUT2D eigenvalue weighted by atomic mass is 16.7. The molecule has 0 bridgehead atoms. The molecular weight excluding hydrogens is 901 g/mol. The third-order valence-electron chi connectivity index (χ3n) is 16.4. The summed E-state index contributed by atoms with van der Waals surface area (Å²) in [4.78, 5) is 0. The van der Waals surface area contributed by atoms with E-state index in [1.165, 1.54) is 140 Å². The first-order valence-electron chi connectivity index (χ1n) is 28.1. The van der Waals surface area contributed by atoms with E-state index in [0.717, 1.165) is 109 Å². The lowest BCUT2D eigenvalue weighted by atomic mass is 9.76. The average molecular weight is 981 g/mol. The third kappa shape index (κ3) is 10.7. The molecule has 10 rings (SSSR count). The molecule has 73 heavy (non-hydrogen) atoms. The van der Waals surface area contributed by atoms with Crippen molar-refractivity contribution in [3.8, 4) is 67.5 Å². The Balaban J connectivity index is 0.995. The van der Waals surface area contributed by atoms with E-state index in [9.17, 15) is 0 Å². The molecule has 6 aromatic rings. The van der Waals surface area contributed by atoms with Gasteiger partial charge in [0.15, 0.2) is 13.6 Å². The van der Waals surface area contributed by atoms with Crippen molar-refractivity contribution >= 4 is 0 Å². The molecule has 384 valence electrons. The smallest absolute Gasteiger partial charge is 0.188 e. The van der Waals surface area contributed by atoms with Gasteiger partial charge in [0.1, 0.15) is 23.0 Å². The van der Waals surface area contributed by atoms with Crippen molar-refractivity contribution in [2.24, 2.45) is 0 Å². The van der Waals surface area contributed by atoms with E-state index in [1.54, 1.807) is 14.2 Å².